The lowest BCUT2D eigenvalue weighted by molar-refractivity contribution is -0.134. The molecule has 40 heavy (non-hydrogen) atoms. The molecule has 2 spiro atoms. The summed E-state index contributed by atoms with van der Waals surface area (Å²) in [7, 11) is 0. The normalized spacial score (nSPS) is 22.3. The molecule has 8 heteroatoms. The molecule has 2 N–H and O–H groups in total. The number of hydrogen-bond acceptors (Lipinski definition) is 5. The van der Waals surface area contributed by atoms with Crippen molar-refractivity contribution < 1.29 is 14.4 Å². The number of amidine groups is 1. The monoisotopic (exact) mass is 533 g/mol. The second-order valence-corrected chi connectivity index (χ2v) is 11.6. The van der Waals surface area contributed by atoms with E-state index < -0.39 is 11.0 Å². The van der Waals surface area contributed by atoms with Gasteiger partial charge in [-0.1, -0.05) is 55.7 Å². The quantitative estimate of drug-likeness (QED) is 0.522. The van der Waals surface area contributed by atoms with Crippen LogP contribution < -0.4 is 10.6 Å². The molecule has 1 fully saturated rings. The Balaban J connectivity index is 1.12. The van der Waals surface area contributed by atoms with E-state index in [1.54, 1.807) is 11.1 Å². The molecule has 7 rings (SSSR count). The lowest BCUT2D eigenvalue weighted by Crippen LogP contribution is -2.46. The van der Waals surface area contributed by atoms with E-state index in [0.29, 0.717) is 30.2 Å². The van der Waals surface area contributed by atoms with Gasteiger partial charge in [-0.15, -0.1) is 0 Å². The van der Waals surface area contributed by atoms with E-state index in [1.165, 1.54) is 0 Å². The fraction of sp³-hybridized carbons (Fsp3) is 0.344. The fourth-order valence-corrected chi connectivity index (χ4v) is 6.99. The molecule has 0 unspecified atom stereocenters. The number of pyridine rings is 1. The molecule has 4 aliphatic rings. The van der Waals surface area contributed by atoms with Crippen LogP contribution in [0.25, 0.3) is 0 Å². The first kappa shape index (κ1) is 24.7. The zero-order valence-electron chi connectivity index (χ0n) is 22.5. The molecule has 2 aromatic carbocycles. The second kappa shape index (κ2) is 9.11. The van der Waals surface area contributed by atoms with Crippen LogP contribution in [0, 0.1) is 6.92 Å². The number of amides is 3. The third-order valence-electron chi connectivity index (χ3n) is 9.05. The molecular weight excluding hydrogens is 502 g/mol. The van der Waals surface area contributed by atoms with Crippen molar-refractivity contribution in [1.29, 1.82) is 0 Å². The molecule has 0 saturated heterocycles. The van der Waals surface area contributed by atoms with Crippen LogP contribution in [0.2, 0.25) is 0 Å². The predicted molar refractivity (Wildman–Crippen MR) is 152 cm³/mol. The number of aliphatic imine (C=N–C) groups is 1. The zero-order chi connectivity index (χ0) is 27.5. The minimum absolute atomic E-state index is 0.0322. The maximum absolute atomic E-state index is 13.8. The number of carbonyl (C=O) groups excluding carboxylic acids is 3. The van der Waals surface area contributed by atoms with Gasteiger partial charge in [0.25, 0.3) is 5.91 Å². The van der Waals surface area contributed by atoms with Gasteiger partial charge in [0.2, 0.25) is 11.8 Å². The van der Waals surface area contributed by atoms with Gasteiger partial charge in [0.1, 0.15) is 23.7 Å². The van der Waals surface area contributed by atoms with Crippen LogP contribution in [0.4, 0.5) is 11.5 Å². The number of benzene rings is 2. The molecule has 0 radical (unpaired) electrons. The molecule has 202 valence electrons. The SMILES string of the molecule is Cc1ccccc1C1=NC2(CCCCC2)C(=O)N1CC(=O)Nc1ccc2c(c1)C[C@@]1(C2)C(=O)Nc2ncccc21. The Kier molecular flexibility index (Phi) is 5.63. The number of aromatic nitrogens is 1. The Morgan fingerprint density at radius 3 is 2.62 bits per heavy atom. The highest BCUT2D eigenvalue weighted by Gasteiger charge is 2.51. The highest BCUT2D eigenvalue weighted by atomic mass is 16.2. The Labute approximate surface area is 232 Å². The largest absolute Gasteiger partial charge is 0.325 e. The van der Waals surface area contributed by atoms with Crippen LogP contribution in [-0.4, -0.2) is 45.5 Å². The topological polar surface area (TPSA) is 104 Å². The third kappa shape index (κ3) is 3.77. The summed E-state index contributed by atoms with van der Waals surface area (Å²) in [4.78, 5) is 51.1. The van der Waals surface area contributed by atoms with E-state index in [9.17, 15) is 14.4 Å². The van der Waals surface area contributed by atoms with Crippen molar-refractivity contribution in [3.8, 4) is 0 Å². The van der Waals surface area contributed by atoms with Crippen molar-refractivity contribution in [2.75, 3.05) is 17.2 Å². The van der Waals surface area contributed by atoms with Crippen LogP contribution in [0.5, 0.6) is 0 Å². The number of anilines is 2. The van der Waals surface area contributed by atoms with E-state index in [2.05, 4.69) is 15.6 Å². The molecule has 2 aliphatic carbocycles. The average molecular weight is 534 g/mol. The number of hydrogen-bond donors (Lipinski definition) is 2. The van der Waals surface area contributed by atoms with Crippen LogP contribution in [0.1, 0.15) is 59.9 Å². The highest BCUT2D eigenvalue weighted by Crippen LogP contribution is 2.47. The number of rotatable bonds is 4. The highest BCUT2D eigenvalue weighted by molar-refractivity contribution is 6.17. The van der Waals surface area contributed by atoms with E-state index in [-0.39, 0.29) is 24.3 Å². The van der Waals surface area contributed by atoms with Crippen molar-refractivity contribution in [1.82, 2.24) is 9.88 Å². The first-order valence-electron chi connectivity index (χ1n) is 14.1. The second-order valence-electron chi connectivity index (χ2n) is 11.6. The Morgan fingerprint density at radius 2 is 1.80 bits per heavy atom. The molecule has 0 bridgehead atoms. The maximum atomic E-state index is 13.8. The lowest BCUT2D eigenvalue weighted by atomic mass is 9.79. The molecule has 3 heterocycles. The molecule has 1 atom stereocenters. The summed E-state index contributed by atoms with van der Waals surface area (Å²) in [6.07, 6.45) is 7.31. The van der Waals surface area contributed by atoms with Crippen molar-refractivity contribution in [2.24, 2.45) is 4.99 Å². The summed E-state index contributed by atoms with van der Waals surface area (Å²) in [5.41, 5.74) is 4.19. The lowest BCUT2D eigenvalue weighted by Gasteiger charge is -2.29. The molecule has 8 nitrogen and oxygen atoms in total. The van der Waals surface area contributed by atoms with Crippen molar-refractivity contribution >= 4 is 35.1 Å². The number of fused-ring (bicyclic) bond motifs is 3. The maximum Gasteiger partial charge on any atom is 0.256 e. The molecular formula is C32H31N5O3. The van der Waals surface area contributed by atoms with Gasteiger partial charge < -0.3 is 10.6 Å². The molecule has 1 aromatic heterocycles. The van der Waals surface area contributed by atoms with Gasteiger partial charge in [0.15, 0.2) is 0 Å². The number of carbonyl (C=O) groups is 3. The van der Waals surface area contributed by atoms with Crippen LogP contribution in [0.15, 0.2) is 65.8 Å². The zero-order valence-corrected chi connectivity index (χ0v) is 22.5. The van der Waals surface area contributed by atoms with E-state index >= 15 is 0 Å². The number of nitrogens with one attached hydrogen (secondary N) is 2. The Bertz CT molecular complexity index is 1610. The van der Waals surface area contributed by atoms with Gasteiger partial charge >= 0.3 is 0 Å². The van der Waals surface area contributed by atoms with Crippen molar-refractivity contribution in [3.05, 3.63) is 88.6 Å². The fourth-order valence-electron chi connectivity index (χ4n) is 6.99. The molecule has 2 aliphatic heterocycles. The minimum Gasteiger partial charge on any atom is -0.325 e. The van der Waals surface area contributed by atoms with Gasteiger partial charge in [-0.3, -0.25) is 24.3 Å². The van der Waals surface area contributed by atoms with Crippen molar-refractivity contribution in [3.63, 3.8) is 0 Å². The summed E-state index contributed by atoms with van der Waals surface area (Å²) in [5.74, 6) is 0.844. The number of aryl methyl sites for hydroxylation is 1. The average Bonchev–Trinajstić information content (AvgIpc) is 3.56. The minimum atomic E-state index is -0.759. The smallest absolute Gasteiger partial charge is 0.256 e. The van der Waals surface area contributed by atoms with Crippen LogP contribution >= 0.6 is 0 Å². The predicted octanol–water partition coefficient (Wildman–Crippen LogP) is 4.31. The number of nitrogens with zero attached hydrogens (tertiary/aromatic N) is 3. The summed E-state index contributed by atoms with van der Waals surface area (Å²) in [5, 5.41) is 5.94. The van der Waals surface area contributed by atoms with E-state index in [1.807, 2.05) is 61.5 Å². The van der Waals surface area contributed by atoms with Gasteiger partial charge in [0.05, 0.1) is 5.41 Å². The Morgan fingerprint density at radius 1 is 1.00 bits per heavy atom. The van der Waals surface area contributed by atoms with Crippen molar-refractivity contribution in [2.45, 2.75) is 62.8 Å². The third-order valence-corrected chi connectivity index (χ3v) is 9.05. The van der Waals surface area contributed by atoms with Crippen LogP contribution in [-0.2, 0) is 32.6 Å². The summed E-state index contributed by atoms with van der Waals surface area (Å²) in [6.45, 7) is 1.90. The standard InChI is InChI=1S/C32H31N5O3/c1-20-8-3-4-9-24(20)28-36-32(13-5-2-6-14-32)30(40)37(28)19-26(38)34-23-12-11-21-17-31(18-22(21)16-23)25-10-7-15-33-27(25)35-29(31)39/h3-4,7-12,15-16H,2,5-6,13-14,17-19H2,1H3,(H,34,38)(H,33,35,39)/t31-/m1/s1. The van der Waals surface area contributed by atoms with E-state index in [4.69, 9.17) is 4.99 Å². The van der Waals surface area contributed by atoms with Gasteiger partial charge in [-0.25, -0.2) is 4.98 Å². The summed E-state index contributed by atoms with van der Waals surface area (Å²) in [6, 6.07) is 17.5. The summed E-state index contributed by atoms with van der Waals surface area (Å²) < 4.78 is 0. The van der Waals surface area contributed by atoms with Gasteiger partial charge in [-0.05, 0) is 67.5 Å². The van der Waals surface area contributed by atoms with Crippen LogP contribution in [0.3, 0.4) is 0 Å². The summed E-state index contributed by atoms with van der Waals surface area (Å²) >= 11 is 0. The first-order chi connectivity index (χ1) is 19.4. The van der Waals surface area contributed by atoms with Gasteiger partial charge in [-0.2, -0.15) is 0 Å². The Hall–Kier alpha value is -4.33. The molecule has 1 saturated carbocycles. The first-order valence-corrected chi connectivity index (χ1v) is 14.1. The van der Waals surface area contributed by atoms with E-state index in [0.717, 1.165) is 59.9 Å². The van der Waals surface area contributed by atoms with Gasteiger partial charge in [0, 0.05) is 23.0 Å². The molecule has 3 amide bonds. The molecule has 3 aromatic rings.